The lowest BCUT2D eigenvalue weighted by molar-refractivity contribution is -0.173. The van der Waals surface area contributed by atoms with Gasteiger partial charge in [0.15, 0.2) is 5.65 Å². The molecule has 0 aromatic carbocycles. The molecule has 0 aliphatic carbocycles. The van der Waals surface area contributed by atoms with Gasteiger partial charge in [0.1, 0.15) is 18.2 Å². The molecule has 0 aliphatic rings. The average molecular weight is 260 g/mol. The Bertz CT molecular complexity index is 537. The molecule has 0 atom stereocenters. The molecule has 0 aliphatic heterocycles. The molecule has 0 fully saturated rings. The van der Waals surface area contributed by atoms with Crippen LogP contribution in [-0.2, 0) is 11.2 Å². The van der Waals surface area contributed by atoms with Gasteiger partial charge in [0.05, 0.1) is 12.1 Å². The number of halogens is 3. The predicted octanol–water partition coefficient (Wildman–Crippen LogP) is 1.66. The Morgan fingerprint density at radius 3 is 2.78 bits per heavy atom. The summed E-state index contributed by atoms with van der Waals surface area (Å²) < 4.78 is 40.0. The lowest BCUT2D eigenvalue weighted by Gasteiger charge is -2.06. The van der Waals surface area contributed by atoms with E-state index in [0.29, 0.717) is 22.8 Å². The number of rotatable bonds is 4. The van der Waals surface area contributed by atoms with E-state index in [1.54, 1.807) is 12.1 Å². The number of fused-ring (bicyclic) bond motifs is 1. The number of pyridine rings is 1. The Morgan fingerprint density at radius 2 is 2.06 bits per heavy atom. The first-order valence-corrected chi connectivity index (χ1v) is 5.20. The quantitative estimate of drug-likeness (QED) is 0.820. The SMILES string of the molecule is Nc1ccc2[nH]c(CCOCC(F)(F)F)nc2n1. The van der Waals surface area contributed by atoms with Crippen LogP contribution < -0.4 is 5.73 Å². The highest BCUT2D eigenvalue weighted by Crippen LogP contribution is 2.15. The van der Waals surface area contributed by atoms with Gasteiger partial charge in [-0.2, -0.15) is 13.2 Å². The number of nitrogens with one attached hydrogen (secondary N) is 1. The average Bonchev–Trinajstić information content (AvgIpc) is 2.65. The zero-order chi connectivity index (χ0) is 13.2. The fraction of sp³-hybridized carbons (Fsp3) is 0.400. The molecule has 0 saturated carbocycles. The third kappa shape index (κ3) is 3.33. The predicted molar refractivity (Wildman–Crippen MR) is 58.9 cm³/mol. The smallest absolute Gasteiger partial charge is 0.384 e. The number of nitrogens with two attached hydrogens (primary N) is 1. The van der Waals surface area contributed by atoms with E-state index in [-0.39, 0.29) is 13.0 Å². The number of hydrogen-bond acceptors (Lipinski definition) is 4. The lowest BCUT2D eigenvalue weighted by Crippen LogP contribution is -2.18. The van der Waals surface area contributed by atoms with Crippen molar-refractivity contribution in [1.82, 2.24) is 15.0 Å². The highest BCUT2D eigenvalue weighted by atomic mass is 19.4. The summed E-state index contributed by atoms with van der Waals surface area (Å²) in [4.78, 5) is 11.0. The van der Waals surface area contributed by atoms with Crippen LogP contribution >= 0.6 is 0 Å². The third-order valence-corrected chi connectivity index (χ3v) is 2.17. The van der Waals surface area contributed by atoms with Gasteiger partial charge < -0.3 is 15.5 Å². The Balaban J connectivity index is 1.92. The summed E-state index contributed by atoms with van der Waals surface area (Å²) in [6.45, 7) is -1.31. The van der Waals surface area contributed by atoms with Crippen molar-refractivity contribution in [3.8, 4) is 0 Å². The second-order valence-electron chi connectivity index (χ2n) is 3.71. The zero-order valence-corrected chi connectivity index (χ0v) is 9.29. The molecule has 0 spiro atoms. The number of anilines is 1. The van der Waals surface area contributed by atoms with Crippen LogP contribution in [0.4, 0.5) is 19.0 Å². The van der Waals surface area contributed by atoms with Gasteiger partial charge in [0.25, 0.3) is 0 Å². The van der Waals surface area contributed by atoms with E-state index < -0.39 is 12.8 Å². The van der Waals surface area contributed by atoms with Gasteiger partial charge in [-0.15, -0.1) is 0 Å². The minimum atomic E-state index is -4.30. The summed E-state index contributed by atoms with van der Waals surface area (Å²) in [5, 5.41) is 0. The molecule has 98 valence electrons. The van der Waals surface area contributed by atoms with E-state index in [1.807, 2.05) is 0 Å². The monoisotopic (exact) mass is 260 g/mol. The minimum absolute atomic E-state index is 0.0607. The first-order valence-electron chi connectivity index (χ1n) is 5.20. The molecule has 0 bridgehead atoms. The lowest BCUT2D eigenvalue weighted by atomic mass is 10.4. The summed E-state index contributed by atoms with van der Waals surface area (Å²) in [7, 11) is 0. The summed E-state index contributed by atoms with van der Waals surface area (Å²) >= 11 is 0. The topological polar surface area (TPSA) is 76.8 Å². The largest absolute Gasteiger partial charge is 0.411 e. The fourth-order valence-corrected chi connectivity index (χ4v) is 1.43. The van der Waals surface area contributed by atoms with Gasteiger partial charge in [0.2, 0.25) is 0 Å². The van der Waals surface area contributed by atoms with Crippen molar-refractivity contribution in [2.24, 2.45) is 0 Å². The highest BCUT2D eigenvalue weighted by Gasteiger charge is 2.27. The molecule has 5 nitrogen and oxygen atoms in total. The van der Waals surface area contributed by atoms with Gasteiger partial charge in [0, 0.05) is 6.42 Å². The first kappa shape index (κ1) is 12.6. The van der Waals surface area contributed by atoms with E-state index >= 15 is 0 Å². The van der Waals surface area contributed by atoms with E-state index in [4.69, 9.17) is 5.73 Å². The van der Waals surface area contributed by atoms with Gasteiger partial charge in [-0.3, -0.25) is 0 Å². The summed E-state index contributed by atoms with van der Waals surface area (Å²) in [5.41, 5.74) is 6.62. The van der Waals surface area contributed by atoms with Gasteiger partial charge in [-0.1, -0.05) is 0 Å². The van der Waals surface area contributed by atoms with Crippen LogP contribution in [0.3, 0.4) is 0 Å². The van der Waals surface area contributed by atoms with Crippen molar-refractivity contribution in [2.45, 2.75) is 12.6 Å². The first-order chi connectivity index (χ1) is 8.44. The number of aromatic amines is 1. The molecule has 2 aromatic rings. The maximum atomic E-state index is 11.8. The molecular formula is C10H11F3N4O. The van der Waals surface area contributed by atoms with Gasteiger partial charge >= 0.3 is 6.18 Å². The number of ether oxygens (including phenoxy) is 1. The van der Waals surface area contributed by atoms with Crippen molar-refractivity contribution in [2.75, 3.05) is 18.9 Å². The molecule has 0 radical (unpaired) electrons. The summed E-state index contributed by atoms with van der Waals surface area (Å²) in [5.74, 6) is 0.860. The Hall–Kier alpha value is -1.83. The number of nitrogens with zero attached hydrogens (tertiary/aromatic N) is 2. The van der Waals surface area contributed by atoms with Crippen LogP contribution in [0, 0.1) is 0 Å². The summed E-state index contributed by atoms with van der Waals surface area (Å²) in [6.07, 6.45) is -4.05. The molecule has 2 heterocycles. The Kier molecular flexibility index (Phi) is 3.37. The van der Waals surface area contributed by atoms with E-state index in [2.05, 4.69) is 19.7 Å². The molecule has 2 aromatic heterocycles. The number of imidazole rings is 1. The Morgan fingerprint density at radius 1 is 1.28 bits per heavy atom. The number of alkyl halides is 3. The molecule has 0 unspecified atom stereocenters. The van der Waals surface area contributed by atoms with Crippen LogP contribution in [0.5, 0.6) is 0 Å². The van der Waals surface area contributed by atoms with Crippen LogP contribution in [0.15, 0.2) is 12.1 Å². The second kappa shape index (κ2) is 4.81. The van der Waals surface area contributed by atoms with Crippen molar-refractivity contribution in [3.05, 3.63) is 18.0 Å². The van der Waals surface area contributed by atoms with Crippen LogP contribution in [0.25, 0.3) is 11.2 Å². The number of H-pyrrole nitrogens is 1. The zero-order valence-electron chi connectivity index (χ0n) is 9.29. The summed E-state index contributed by atoms with van der Waals surface area (Å²) in [6, 6.07) is 3.33. The normalized spacial score (nSPS) is 12.2. The Labute approximate surface area is 100 Å². The second-order valence-corrected chi connectivity index (χ2v) is 3.71. The molecular weight excluding hydrogens is 249 g/mol. The van der Waals surface area contributed by atoms with Crippen molar-refractivity contribution < 1.29 is 17.9 Å². The molecule has 3 N–H and O–H groups in total. The standard InChI is InChI=1S/C10H11F3N4O/c11-10(12,13)5-18-4-3-8-15-6-1-2-7(14)16-9(6)17-8/h1-2H,3-5H2,(H3,14,15,16,17). The number of hydrogen-bond donors (Lipinski definition) is 2. The molecule has 2 rings (SSSR count). The third-order valence-electron chi connectivity index (χ3n) is 2.17. The van der Waals surface area contributed by atoms with Crippen LogP contribution in [0.2, 0.25) is 0 Å². The van der Waals surface area contributed by atoms with E-state index in [1.165, 1.54) is 0 Å². The molecule has 18 heavy (non-hydrogen) atoms. The van der Waals surface area contributed by atoms with E-state index in [9.17, 15) is 13.2 Å². The maximum absolute atomic E-state index is 11.8. The number of aromatic nitrogens is 3. The van der Waals surface area contributed by atoms with Crippen molar-refractivity contribution >= 4 is 17.0 Å². The molecule has 0 saturated heterocycles. The molecule has 0 amide bonds. The maximum Gasteiger partial charge on any atom is 0.411 e. The van der Waals surface area contributed by atoms with Crippen molar-refractivity contribution in [1.29, 1.82) is 0 Å². The van der Waals surface area contributed by atoms with Crippen LogP contribution in [0.1, 0.15) is 5.82 Å². The van der Waals surface area contributed by atoms with Gasteiger partial charge in [-0.05, 0) is 12.1 Å². The highest BCUT2D eigenvalue weighted by molar-refractivity contribution is 5.72. The number of nitrogen functional groups attached to an aromatic ring is 1. The van der Waals surface area contributed by atoms with Gasteiger partial charge in [-0.25, -0.2) is 9.97 Å². The molecule has 8 heteroatoms. The van der Waals surface area contributed by atoms with Crippen LogP contribution in [-0.4, -0.2) is 34.3 Å². The van der Waals surface area contributed by atoms with E-state index in [0.717, 1.165) is 0 Å². The minimum Gasteiger partial charge on any atom is -0.384 e. The fourth-order valence-electron chi connectivity index (χ4n) is 1.43. The van der Waals surface area contributed by atoms with Crippen molar-refractivity contribution in [3.63, 3.8) is 0 Å².